The van der Waals surface area contributed by atoms with E-state index in [1.807, 2.05) is 0 Å². The van der Waals surface area contributed by atoms with Crippen molar-refractivity contribution in [3.8, 4) is 0 Å². The monoisotopic (exact) mass is 239 g/mol. The molecule has 1 fully saturated rings. The summed E-state index contributed by atoms with van der Waals surface area (Å²) in [6.45, 7) is 1.77. The fraction of sp³-hybridized carbons (Fsp3) is 1.00. The summed E-state index contributed by atoms with van der Waals surface area (Å²) in [6.07, 6.45) is -1.29. The Hall–Kier alpha value is 0.320. The lowest BCUT2D eigenvalue weighted by Crippen LogP contribution is -2.58. The molecular weight excluding hydrogens is 226 g/mol. The summed E-state index contributed by atoms with van der Waals surface area (Å²) in [6, 6.07) is -0.348. The van der Waals surface area contributed by atoms with Gasteiger partial charge in [-0.3, -0.25) is 0 Å². The zero-order valence-electron chi connectivity index (χ0n) is 7.11. The Morgan fingerprint density at radius 1 is 1.58 bits per heavy atom. The predicted octanol–water partition coefficient (Wildman–Crippen LogP) is -0.171. The molecule has 0 amide bonds. The fourth-order valence-electron chi connectivity index (χ4n) is 1.24. The number of nitrogens with two attached hydrogens (primary N) is 1. The number of methoxy groups -OCH3 is 1. The standard InChI is InChI=1S/C7H14BrNO3/c1-3-6(10)5(9)4(8)7(11-2)12-3/h3-7,10H,9H2,1-2H3/t3-,4+,5+,6-,7+/m0/s1. The Bertz CT molecular complexity index is 153. The summed E-state index contributed by atoms with van der Waals surface area (Å²) < 4.78 is 10.4. The van der Waals surface area contributed by atoms with Gasteiger partial charge in [0.2, 0.25) is 0 Å². The second-order valence-corrected chi connectivity index (χ2v) is 4.01. The van der Waals surface area contributed by atoms with Crippen LogP contribution in [0.3, 0.4) is 0 Å². The Balaban J connectivity index is 2.63. The topological polar surface area (TPSA) is 64.7 Å². The Kier molecular flexibility index (Phi) is 3.48. The van der Waals surface area contributed by atoms with Crippen molar-refractivity contribution >= 4 is 15.9 Å². The van der Waals surface area contributed by atoms with Gasteiger partial charge in [0.15, 0.2) is 6.29 Å². The lowest BCUT2D eigenvalue weighted by molar-refractivity contribution is -0.206. The first-order valence-corrected chi connectivity index (χ1v) is 4.75. The van der Waals surface area contributed by atoms with E-state index >= 15 is 0 Å². The molecule has 1 aliphatic heterocycles. The lowest BCUT2D eigenvalue weighted by Gasteiger charge is -2.39. The van der Waals surface area contributed by atoms with E-state index < -0.39 is 6.10 Å². The highest BCUT2D eigenvalue weighted by molar-refractivity contribution is 9.09. The summed E-state index contributed by atoms with van der Waals surface area (Å²) in [5.41, 5.74) is 5.72. The molecular formula is C7H14BrNO3. The van der Waals surface area contributed by atoms with E-state index in [0.717, 1.165) is 0 Å². The average Bonchev–Trinajstić information content (AvgIpc) is 2.08. The number of aliphatic hydroxyl groups is 1. The van der Waals surface area contributed by atoms with E-state index in [1.54, 1.807) is 14.0 Å². The van der Waals surface area contributed by atoms with Crippen molar-refractivity contribution in [1.82, 2.24) is 0 Å². The van der Waals surface area contributed by atoms with Crippen molar-refractivity contribution in [2.75, 3.05) is 7.11 Å². The molecule has 1 rings (SSSR count). The van der Waals surface area contributed by atoms with Gasteiger partial charge in [0, 0.05) is 7.11 Å². The third-order valence-corrected chi connectivity index (χ3v) is 3.13. The minimum absolute atomic E-state index is 0.159. The predicted molar refractivity (Wildman–Crippen MR) is 48.0 cm³/mol. The number of alkyl halides is 1. The Morgan fingerprint density at radius 3 is 2.67 bits per heavy atom. The Morgan fingerprint density at radius 2 is 2.17 bits per heavy atom. The third kappa shape index (κ3) is 1.80. The van der Waals surface area contributed by atoms with Crippen molar-refractivity contribution in [3.63, 3.8) is 0 Å². The number of ether oxygens (including phenoxy) is 2. The summed E-state index contributed by atoms with van der Waals surface area (Å²) in [5.74, 6) is 0. The quantitative estimate of drug-likeness (QED) is 0.624. The van der Waals surface area contributed by atoms with Crippen LogP contribution >= 0.6 is 15.9 Å². The highest BCUT2D eigenvalue weighted by Gasteiger charge is 2.40. The van der Waals surface area contributed by atoms with Gasteiger partial charge >= 0.3 is 0 Å². The number of aliphatic hydroxyl groups excluding tert-OH is 1. The SMILES string of the molecule is CO[C@@H]1O[C@@H](C)[C@H](O)[C@H](N)[C@H]1Br. The summed E-state index contributed by atoms with van der Waals surface area (Å²) >= 11 is 3.31. The van der Waals surface area contributed by atoms with Gasteiger partial charge in [-0.05, 0) is 6.92 Å². The van der Waals surface area contributed by atoms with Crippen LogP contribution in [0.25, 0.3) is 0 Å². The zero-order chi connectivity index (χ0) is 9.30. The molecule has 0 saturated carbocycles. The highest BCUT2D eigenvalue weighted by Crippen LogP contribution is 2.25. The lowest BCUT2D eigenvalue weighted by atomic mass is 10.0. The minimum Gasteiger partial charge on any atom is -0.389 e. The van der Waals surface area contributed by atoms with E-state index in [2.05, 4.69) is 15.9 Å². The van der Waals surface area contributed by atoms with Gasteiger partial charge in [-0.15, -0.1) is 0 Å². The molecule has 5 atom stereocenters. The van der Waals surface area contributed by atoms with Crippen LogP contribution in [0.5, 0.6) is 0 Å². The highest BCUT2D eigenvalue weighted by atomic mass is 79.9. The van der Waals surface area contributed by atoms with Crippen LogP contribution in [-0.2, 0) is 9.47 Å². The summed E-state index contributed by atoms with van der Waals surface area (Å²) in [7, 11) is 1.55. The maximum Gasteiger partial charge on any atom is 0.171 e. The van der Waals surface area contributed by atoms with E-state index in [4.69, 9.17) is 15.2 Å². The molecule has 1 aliphatic rings. The van der Waals surface area contributed by atoms with Gasteiger partial charge in [0.1, 0.15) is 0 Å². The molecule has 0 spiro atoms. The fourth-order valence-corrected chi connectivity index (χ4v) is 1.89. The molecule has 1 heterocycles. The summed E-state index contributed by atoms with van der Waals surface area (Å²) in [5, 5.41) is 9.49. The maximum absolute atomic E-state index is 9.49. The number of hydrogen-bond acceptors (Lipinski definition) is 4. The van der Waals surface area contributed by atoms with E-state index in [-0.39, 0.29) is 23.3 Å². The van der Waals surface area contributed by atoms with Crippen molar-refractivity contribution < 1.29 is 14.6 Å². The van der Waals surface area contributed by atoms with Crippen LogP contribution in [0.1, 0.15) is 6.92 Å². The average molecular weight is 240 g/mol. The van der Waals surface area contributed by atoms with Gasteiger partial charge < -0.3 is 20.3 Å². The van der Waals surface area contributed by atoms with E-state index in [0.29, 0.717) is 0 Å². The second kappa shape index (κ2) is 4.02. The molecule has 4 nitrogen and oxygen atoms in total. The molecule has 12 heavy (non-hydrogen) atoms. The van der Waals surface area contributed by atoms with Crippen LogP contribution in [0.2, 0.25) is 0 Å². The molecule has 0 aromatic carbocycles. The van der Waals surface area contributed by atoms with Crippen molar-refractivity contribution in [3.05, 3.63) is 0 Å². The molecule has 0 aromatic heterocycles. The molecule has 0 aromatic rings. The first kappa shape index (κ1) is 10.4. The normalized spacial score (nSPS) is 49.2. The van der Waals surface area contributed by atoms with Crippen LogP contribution in [0.4, 0.5) is 0 Å². The number of rotatable bonds is 1. The van der Waals surface area contributed by atoms with Crippen molar-refractivity contribution in [2.24, 2.45) is 5.73 Å². The van der Waals surface area contributed by atoms with Gasteiger partial charge in [0.25, 0.3) is 0 Å². The Labute approximate surface area is 80.2 Å². The minimum atomic E-state index is -0.638. The molecule has 0 aliphatic carbocycles. The van der Waals surface area contributed by atoms with E-state index in [9.17, 15) is 5.11 Å². The second-order valence-electron chi connectivity index (χ2n) is 2.96. The zero-order valence-corrected chi connectivity index (χ0v) is 8.69. The van der Waals surface area contributed by atoms with Gasteiger partial charge in [-0.1, -0.05) is 15.9 Å². The van der Waals surface area contributed by atoms with Crippen LogP contribution in [0.15, 0.2) is 0 Å². The smallest absolute Gasteiger partial charge is 0.171 e. The van der Waals surface area contributed by atoms with Gasteiger partial charge in [0.05, 0.1) is 23.1 Å². The largest absolute Gasteiger partial charge is 0.389 e. The molecule has 0 bridgehead atoms. The summed E-state index contributed by atoms with van der Waals surface area (Å²) in [4.78, 5) is -0.159. The number of hydrogen-bond donors (Lipinski definition) is 2. The molecule has 72 valence electrons. The third-order valence-electron chi connectivity index (χ3n) is 2.08. The molecule has 0 unspecified atom stereocenters. The first-order chi connectivity index (χ1) is 5.57. The van der Waals surface area contributed by atoms with Crippen molar-refractivity contribution in [2.45, 2.75) is 36.3 Å². The van der Waals surface area contributed by atoms with Gasteiger partial charge in [-0.25, -0.2) is 0 Å². The molecule has 0 radical (unpaired) electrons. The molecule has 1 saturated heterocycles. The van der Waals surface area contributed by atoms with Crippen molar-refractivity contribution in [1.29, 1.82) is 0 Å². The van der Waals surface area contributed by atoms with E-state index in [1.165, 1.54) is 0 Å². The van der Waals surface area contributed by atoms with Crippen LogP contribution < -0.4 is 5.73 Å². The maximum atomic E-state index is 9.49. The van der Waals surface area contributed by atoms with Crippen LogP contribution in [-0.4, -0.2) is 41.6 Å². The van der Waals surface area contributed by atoms with Gasteiger partial charge in [-0.2, -0.15) is 0 Å². The molecule has 3 N–H and O–H groups in total. The first-order valence-electron chi connectivity index (χ1n) is 3.84. The van der Waals surface area contributed by atoms with Crippen LogP contribution in [0, 0.1) is 0 Å². The number of halogens is 1. The molecule has 5 heteroatoms.